The van der Waals surface area contributed by atoms with Crippen molar-refractivity contribution in [2.45, 2.75) is 18.9 Å². The Balaban J connectivity index is 2.22. The number of hydrogen-bond acceptors (Lipinski definition) is 4. The largest absolute Gasteiger partial charge is 0.375 e. The van der Waals surface area contributed by atoms with E-state index in [0.717, 1.165) is 18.7 Å². The van der Waals surface area contributed by atoms with Crippen molar-refractivity contribution in [3.8, 4) is 0 Å². The Labute approximate surface area is 99.9 Å². The van der Waals surface area contributed by atoms with Gasteiger partial charge in [-0.25, -0.2) is 0 Å². The number of aryl methyl sites for hydroxylation is 1. The molecule has 0 bridgehead atoms. The number of methoxy groups -OCH3 is 1. The van der Waals surface area contributed by atoms with Crippen LogP contribution in [0.4, 0.5) is 5.69 Å². The zero-order valence-electron chi connectivity index (χ0n) is 10.0. The van der Waals surface area contributed by atoms with Gasteiger partial charge < -0.3 is 10.1 Å². The van der Waals surface area contributed by atoms with Gasteiger partial charge in [0.25, 0.3) is 5.69 Å². The molecule has 1 aromatic rings. The maximum Gasteiger partial charge on any atom is 0.272 e. The van der Waals surface area contributed by atoms with Crippen molar-refractivity contribution in [3.05, 3.63) is 39.4 Å². The van der Waals surface area contributed by atoms with Crippen LogP contribution in [0.15, 0.2) is 18.2 Å². The number of hydrogen-bond donors (Lipinski definition) is 1. The first kappa shape index (κ1) is 12.0. The highest BCUT2D eigenvalue weighted by atomic mass is 16.6. The number of nitrogens with one attached hydrogen (secondary N) is 1. The number of rotatable bonds is 4. The molecule has 5 nitrogen and oxygen atoms in total. The van der Waals surface area contributed by atoms with E-state index in [4.69, 9.17) is 4.74 Å². The highest BCUT2D eigenvalue weighted by molar-refractivity contribution is 5.43. The second kappa shape index (κ2) is 4.43. The van der Waals surface area contributed by atoms with Gasteiger partial charge in [0.15, 0.2) is 0 Å². The second-order valence-electron chi connectivity index (χ2n) is 4.55. The summed E-state index contributed by atoms with van der Waals surface area (Å²) in [6, 6.07) is 5.37. The van der Waals surface area contributed by atoms with Gasteiger partial charge in [0.2, 0.25) is 0 Å². The molecule has 1 N–H and O–H groups in total. The van der Waals surface area contributed by atoms with Crippen molar-refractivity contribution in [2.24, 2.45) is 0 Å². The molecule has 2 rings (SSSR count). The van der Waals surface area contributed by atoms with Crippen LogP contribution in [0.5, 0.6) is 0 Å². The summed E-state index contributed by atoms with van der Waals surface area (Å²) in [6.45, 7) is 3.34. The van der Waals surface area contributed by atoms with Crippen LogP contribution in [0.2, 0.25) is 0 Å². The Bertz CT molecular complexity index is 436. The van der Waals surface area contributed by atoms with Crippen LogP contribution in [-0.2, 0) is 11.2 Å². The lowest BCUT2D eigenvalue weighted by molar-refractivity contribution is -0.385. The van der Waals surface area contributed by atoms with Gasteiger partial charge in [-0.3, -0.25) is 10.1 Å². The number of benzene rings is 1. The summed E-state index contributed by atoms with van der Waals surface area (Å²) in [5, 5.41) is 14.0. The molecule has 0 radical (unpaired) electrons. The highest BCUT2D eigenvalue weighted by Crippen LogP contribution is 2.25. The molecule has 5 heteroatoms. The predicted molar refractivity (Wildman–Crippen MR) is 64.1 cm³/mol. The number of nitro groups is 1. The molecule has 1 heterocycles. The molecule has 92 valence electrons. The number of ether oxygens (including phenoxy) is 1. The lowest BCUT2D eigenvalue weighted by Crippen LogP contribution is -2.61. The molecule has 1 aromatic carbocycles. The average molecular weight is 236 g/mol. The van der Waals surface area contributed by atoms with Crippen LogP contribution in [0.1, 0.15) is 11.1 Å². The number of nitro benzene ring substituents is 1. The van der Waals surface area contributed by atoms with Crippen LogP contribution in [0, 0.1) is 17.0 Å². The molecule has 1 aliphatic heterocycles. The van der Waals surface area contributed by atoms with Crippen LogP contribution >= 0.6 is 0 Å². The third kappa shape index (κ3) is 2.30. The van der Waals surface area contributed by atoms with Gasteiger partial charge in [0.05, 0.1) is 10.5 Å². The zero-order chi connectivity index (χ0) is 12.5. The average Bonchev–Trinajstić information content (AvgIpc) is 2.25. The Kier molecular flexibility index (Phi) is 3.13. The minimum absolute atomic E-state index is 0.182. The van der Waals surface area contributed by atoms with Crippen molar-refractivity contribution < 1.29 is 9.66 Å². The first-order valence-electron chi connectivity index (χ1n) is 5.56. The minimum Gasteiger partial charge on any atom is -0.375 e. The first-order valence-corrected chi connectivity index (χ1v) is 5.56. The Morgan fingerprint density at radius 3 is 2.71 bits per heavy atom. The van der Waals surface area contributed by atoms with E-state index in [1.165, 1.54) is 0 Å². The van der Waals surface area contributed by atoms with Crippen LogP contribution in [0.25, 0.3) is 0 Å². The molecule has 0 aromatic heterocycles. The standard InChI is InChI=1S/C12H16N2O3/c1-9-3-4-10(5-11(9)14(15)16)6-12(17-2)7-13-8-12/h3-5,13H,6-8H2,1-2H3. The van der Waals surface area contributed by atoms with E-state index >= 15 is 0 Å². The van der Waals surface area contributed by atoms with Gasteiger partial charge >= 0.3 is 0 Å². The first-order chi connectivity index (χ1) is 8.06. The summed E-state index contributed by atoms with van der Waals surface area (Å²) in [7, 11) is 1.68. The second-order valence-corrected chi connectivity index (χ2v) is 4.55. The van der Waals surface area contributed by atoms with E-state index in [9.17, 15) is 10.1 Å². The monoisotopic (exact) mass is 236 g/mol. The Morgan fingerprint density at radius 2 is 2.24 bits per heavy atom. The van der Waals surface area contributed by atoms with Crippen LogP contribution in [0.3, 0.4) is 0 Å². The summed E-state index contributed by atoms with van der Waals surface area (Å²) < 4.78 is 5.48. The molecule has 0 spiro atoms. The fourth-order valence-electron chi connectivity index (χ4n) is 2.08. The third-order valence-electron chi connectivity index (χ3n) is 3.32. The van der Waals surface area contributed by atoms with E-state index in [-0.39, 0.29) is 16.2 Å². The Hall–Kier alpha value is -1.46. The molecule has 0 atom stereocenters. The minimum atomic E-state index is -0.336. The molecule has 1 fully saturated rings. The summed E-state index contributed by atoms with van der Waals surface area (Å²) in [4.78, 5) is 10.5. The van der Waals surface area contributed by atoms with Crippen molar-refractivity contribution in [1.82, 2.24) is 5.32 Å². The topological polar surface area (TPSA) is 64.4 Å². The van der Waals surface area contributed by atoms with Crippen LogP contribution in [-0.4, -0.2) is 30.7 Å². The van der Waals surface area contributed by atoms with Gasteiger partial charge in [-0.1, -0.05) is 12.1 Å². The van der Waals surface area contributed by atoms with E-state index in [2.05, 4.69) is 5.32 Å². The molecule has 17 heavy (non-hydrogen) atoms. The van der Waals surface area contributed by atoms with Gasteiger partial charge in [0.1, 0.15) is 0 Å². The molecular formula is C12H16N2O3. The maximum atomic E-state index is 10.9. The van der Waals surface area contributed by atoms with Gasteiger partial charge in [-0.2, -0.15) is 0 Å². The maximum absolute atomic E-state index is 10.9. The molecule has 1 aliphatic rings. The smallest absolute Gasteiger partial charge is 0.272 e. The van der Waals surface area contributed by atoms with Crippen LogP contribution < -0.4 is 5.32 Å². The van der Waals surface area contributed by atoms with Crippen molar-refractivity contribution in [3.63, 3.8) is 0 Å². The molecular weight excluding hydrogens is 220 g/mol. The molecule has 1 saturated heterocycles. The van der Waals surface area contributed by atoms with E-state index in [1.807, 2.05) is 6.07 Å². The zero-order valence-corrected chi connectivity index (χ0v) is 10.0. The highest BCUT2D eigenvalue weighted by Gasteiger charge is 2.37. The van der Waals surface area contributed by atoms with Gasteiger partial charge in [-0.05, 0) is 12.5 Å². The predicted octanol–water partition coefficient (Wildman–Crippen LogP) is 1.43. The van der Waals surface area contributed by atoms with Crippen molar-refractivity contribution >= 4 is 5.69 Å². The summed E-state index contributed by atoms with van der Waals surface area (Å²) >= 11 is 0. The van der Waals surface area contributed by atoms with Crippen molar-refractivity contribution in [1.29, 1.82) is 0 Å². The lowest BCUT2D eigenvalue weighted by atomic mass is 9.88. The summed E-state index contributed by atoms with van der Waals surface area (Å²) in [5.74, 6) is 0. The van der Waals surface area contributed by atoms with Gasteiger partial charge in [0, 0.05) is 38.2 Å². The molecule has 0 unspecified atom stereocenters. The summed E-state index contributed by atoms with van der Waals surface area (Å²) in [6.07, 6.45) is 0.706. The molecule has 0 saturated carbocycles. The molecule has 0 amide bonds. The van der Waals surface area contributed by atoms with E-state index in [0.29, 0.717) is 12.0 Å². The normalized spacial score (nSPS) is 17.5. The fourth-order valence-corrected chi connectivity index (χ4v) is 2.08. The summed E-state index contributed by atoms with van der Waals surface area (Å²) in [5.41, 5.74) is 1.63. The van der Waals surface area contributed by atoms with Crippen molar-refractivity contribution in [2.75, 3.05) is 20.2 Å². The van der Waals surface area contributed by atoms with E-state index < -0.39 is 0 Å². The number of nitrogens with zero attached hydrogens (tertiary/aromatic N) is 1. The Morgan fingerprint density at radius 1 is 1.53 bits per heavy atom. The van der Waals surface area contributed by atoms with Gasteiger partial charge in [-0.15, -0.1) is 0 Å². The SMILES string of the molecule is COC1(Cc2ccc(C)c([N+](=O)[O-])c2)CNC1. The fraction of sp³-hybridized carbons (Fsp3) is 0.500. The molecule has 0 aliphatic carbocycles. The van der Waals surface area contributed by atoms with E-state index in [1.54, 1.807) is 26.2 Å². The lowest BCUT2D eigenvalue weighted by Gasteiger charge is -2.41. The quantitative estimate of drug-likeness (QED) is 0.634. The third-order valence-corrected chi connectivity index (χ3v) is 3.32.